The van der Waals surface area contributed by atoms with Crippen LogP contribution in [0.25, 0.3) is 6.08 Å². The molecular weight excluding hydrogens is 764 g/mol. The molecule has 1 spiro atoms. The number of rotatable bonds is 14. The van der Waals surface area contributed by atoms with Crippen molar-refractivity contribution in [2.24, 2.45) is 5.41 Å². The van der Waals surface area contributed by atoms with Crippen LogP contribution in [0.4, 0.5) is 0 Å². The number of hydrogen-bond acceptors (Lipinski definition) is 13. The number of cyclic esters (lactones) is 1. The van der Waals surface area contributed by atoms with Gasteiger partial charge in [0.2, 0.25) is 17.9 Å². The maximum atomic E-state index is 13.6. The van der Waals surface area contributed by atoms with Crippen molar-refractivity contribution in [1.29, 1.82) is 0 Å². The number of benzene rings is 2. The molecule has 0 saturated carbocycles. The number of fused-ring (bicyclic) bond motifs is 2. The van der Waals surface area contributed by atoms with Crippen LogP contribution < -0.4 is 10.6 Å². The number of aliphatic hydroxyl groups is 1. The Kier molecular flexibility index (Phi) is 13.1. The molecule has 2 aliphatic carbocycles. The summed E-state index contributed by atoms with van der Waals surface area (Å²) in [4.78, 5) is 76.3. The summed E-state index contributed by atoms with van der Waals surface area (Å²) in [6, 6.07) is 13.6. The zero-order valence-corrected chi connectivity index (χ0v) is 33.9. The Morgan fingerprint density at radius 1 is 0.966 bits per heavy atom. The maximum Gasteiger partial charge on any atom is 0.348 e. The molecule has 6 rings (SSSR count). The van der Waals surface area contributed by atoms with E-state index in [0.29, 0.717) is 24.0 Å². The highest BCUT2D eigenvalue weighted by Crippen LogP contribution is 2.45. The predicted molar refractivity (Wildman–Crippen MR) is 210 cm³/mol. The molecule has 2 aromatic rings. The molecule has 0 bridgehead atoms. The van der Waals surface area contributed by atoms with Gasteiger partial charge in [-0.05, 0) is 68.2 Å². The van der Waals surface area contributed by atoms with Crippen molar-refractivity contribution in [1.82, 2.24) is 10.6 Å². The van der Waals surface area contributed by atoms with E-state index in [-0.39, 0.29) is 51.0 Å². The number of carbonyl (C=O) groups is 6. The third kappa shape index (κ3) is 11.0. The molecule has 2 saturated heterocycles. The topological polar surface area (TPSA) is 202 Å². The van der Waals surface area contributed by atoms with E-state index in [1.54, 1.807) is 65.0 Å². The van der Waals surface area contributed by atoms with E-state index in [1.165, 1.54) is 12.2 Å². The molecule has 2 aromatic carbocycles. The van der Waals surface area contributed by atoms with Crippen molar-refractivity contribution in [2.45, 2.75) is 115 Å². The molecular formula is C44H52N2O13. The largest absolute Gasteiger partial charge is 0.462 e. The third-order valence-corrected chi connectivity index (χ3v) is 10.4. The van der Waals surface area contributed by atoms with Gasteiger partial charge in [0.1, 0.15) is 30.5 Å². The summed E-state index contributed by atoms with van der Waals surface area (Å²) in [5.41, 5.74) is 1.98. The predicted octanol–water partition coefficient (Wildman–Crippen LogP) is 3.43. The summed E-state index contributed by atoms with van der Waals surface area (Å²) < 4.78 is 34.8. The van der Waals surface area contributed by atoms with Crippen molar-refractivity contribution in [3.63, 3.8) is 0 Å². The number of hydrogen-bond donors (Lipinski definition) is 3. The van der Waals surface area contributed by atoms with Crippen LogP contribution in [0.15, 0.2) is 66.3 Å². The molecule has 5 unspecified atom stereocenters. The summed E-state index contributed by atoms with van der Waals surface area (Å²) in [7, 11) is 0. The van der Waals surface area contributed by atoms with E-state index in [4.69, 9.17) is 28.4 Å². The van der Waals surface area contributed by atoms with Crippen LogP contribution in [-0.2, 0) is 65.2 Å². The van der Waals surface area contributed by atoms with Crippen LogP contribution in [0.2, 0.25) is 0 Å². The van der Waals surface area contributed by atoms with Gasteiger partial charge >= 0.3 is 23.9 Å². The SMILES string of the molecule is CC(C)(C)OC(=O)CCC(CO)NC(=O)CCNC(=O)C1=CC2OC3(Cc4ccccc4C3)OC2C(OC(=O)c2ccc(C=CC(=O)OC3C(=O)OCC3(C)C)cc2)C1. The number of carbonyl (C=O) groups excluding carboxylic acids is 6. The van der Waals surface area contributed by atoms with Crippen LogP contribution in [-0.4, -0.2) is 102 Å². The average Bonchev–Trinajstić information content (AvgIpc) is 3.81. The fourth-order valence-corrected chi connectivity index (χ4v) is 7.45. The molecule has 4 aliphatic rings. The minimum Gasteiger partial charge on any atom is -0.462 e. The fourth-order valence-electron chi connectivity index (χ4n) is 7.45. The van der Waals surface area contributed by atoms with Gasteiger partial charge in [0.15, 0.2) is 5.79 Å². The molecule has 2 fully saturated rings. The van der Waals surface area contributed by atoms with Gasteiger partial charge in [-0.1, -0.05) is 50.2 Å². The molecule has 0 radical (unpaired) electrons. The Labute approximate surface area is 342 Å². The first-order valence-corrected chi connectivity index (χ1v) is 19.8. The van der Waals surface area contributed by atoms with Crippen LogP contribution in [0, 0.1) is 5.41 Å². The number of aliphatic hydroxyl groups excluding tert-OH is 1. The normalized spacial score (nSPS) is 23.1. The number of amides is 2. The standard InChI is InChI=1S/C44H52N2O13/c1-42(2,3)58-36(50)17-15-31(24-47)46-34(48)18-19-45-39(51)30-20-32(37-33(21-30)57-44(59-37)22-28-8-6-7-9-29(28)23-44)55-40(52)27-13-10-26(11-14-27)12-16-35(49)56-38-41(53)54-25-43(38,4)5/h6-14,16,21,31-33,37-38,47H,15,17-20,22-25H2,1-5H3,(H,45,51)(H,46,48). The van der Waals surface area contributed by atoms with Crippen LogP contribution in [0.3, 0.4) is 0 Å². The Hall–Kier alpha value is -5.38. The van der Waals surface area contributed by atoms with Gasteiger partial charge in [0, 0.05) is 55.7 Å². The second-order valence-electron chi connectivity index (χ2n) is 17.0. The van der Waals surface area contributed by atoms with Crippen LogP contribution in [0.5, 0.6) is 0 Å². The van der Waals surface area contributed by atoms with Gasteiger partial charge in [-0.15, -0.1) is 0 Å². The highest BCUT2D eigenvalue weighted by atomic mass is 16.8. The lowest BCUT2D eigenvalue weighted by Crippen LogP contribution is -2.44. The van der Waals surface area contributed by atoms with E-state index < -0.39 is 83.0 Å². The van der Waals surface area contributed by atoms with Gasteiger partial charge in [0.05, 0.1) is 18.2 Å². The van der Waals surface area contributed by atoms with E-state index in [0.717, 1.165) is 11.1 Å². The van der Waals surface area contributed by atoms with Crippen LogP contribution in [0.1, 0.15) is 87.4 Å². The molecule has 2 heterocycles. The molecule has 3 N–H and O–H groups in total. The third-order valence-electron chi connectivity index (χ3n) is 10.4. The van der Waals surface area contributed by atoms with Gasteiger partial charge in [-0.2, -0.15) is 0 Å². The van der Waals surface area contributed by atoms with Gasteiger partial charge in [-0.25, -0.2) is 14.4 Å². The van der Waals surface area contributed by atoms with Gasteiger partial charge in [-0.3, -0.25) is 14.4 Å². The lowest BCUT2D eigenvalue weighted by atomic mass is 9.90. The summed E-state index contributed by atoms with van der Waals surface area (Å²) in [5, 5.41) is 15.2. The Balaban J connectivity index is 1.07. The summed E-state index contributed by atoms with van der Waals surface area (Å²) in [6.45, 7) is 8.56. The molecule has 5 atom stereocenters. The fraction of sp³-hybridized carbons (Fsp3) is 0.500. The van der Waals surface area contributed by atoms with Crippen LogP contribution >= 0.6 is 0 Å². The summed E-state index contributed by atoms with van der Waals surface area (Å²) >= 11 is 0. The Morgan fingerprint density at radius 3 is 2.29 bits per heavy atom. The molecule has 2 aliphatic heterocycles. The molecule has 2 amide bonds. The second kappa shape index (κ2) is 17.9. The van der Waals surface area contributed by atoms with E-state index >= 15 is 0 Å². The monoisotopic (exact) mass is 816 g/mol. The van der Waals surface area contributed by atoms with E-state index in [1.807, 2.05) is 24.3 Å². The number of ether oxygens (including phenoxy) is 6. The molecule has 59 heavy (non-hydrogen) atoms. The zero-order valence-electron chi connectivity index (χ0n) is 33.9. The Morgan fingerprint density at radius 2 is 1.66 bits per heavy atom. The van der Waals surface area contributed by atoms with Crippen molar-refractivity contribution < 1.29 is 62.3 Å². The first-order valence-electron chi connectivity index (χ1n) is 19.8. The lowest BCUT2D eigenvalue weighted by molar-refractivity contribution is -0.172. The highest BCUT2D eigenvalue weighted by Gasteiger charge is 2.55. The molecule has 0 aromatic heterocycles. The minimum atomic E-state index is -1.01. The second-order valence-corrected chi connectivity index (χ2v) is 17.0. The van der Waals surface area contributed by atoms with Gasteiger partial charge < -0.3 is 44.2 Å². The summed E-state index contributed by atoms with van der Waals surface area (Å²) in [6.07, 6.45) is 2.15. The highest BCUT2D eigenvalue weighted by molar-refractivity contribution is 5.95. The quantitative estimate of drug-likeness (QED) is 0.142. The molecule has 15 nitrogen and oxygen atoms in total. The molecule has 316 valence electrons. The van der Waals surface area contributed by atoms with Crippen molar-refractivity contribution in [3.8, 4) is 0 Å². The lowest BCUT2D eigenvalue weighted by Gasteiger charge is -2.30. The van der Waals surface area contributed by atoms with Gasteiger partial charge in [0.25, 0.3) is 0 Å². The number of esters is 4. The zero-order chi connectivity index (χ0) is 42.5. The van der Waals surface area contributed by atoms with Crippen molar-refractivity contribution in [2.75, 3.05) is 19.8 Å². The van der Waals surface area contributed by atoms with Crippen molar-refractivity contribution >= 4 is 41.8 Å². The van der Waals surface area contributed by atoms with Crippen molar-refractivity contribution in [3.05, 3.63) is 88.5 Å². The average molecular weight is 817 g/mol. The Bertz CT molecular complexity index is 1970. The minimum absolute atomic E-state index is 0.0160. The van der Waals surface area contributed by atoms with E-state index in [2.05, 4.69) is 10.6 Å². The number of nitrogens with one attached hydrogen (secondary N) is 2. The summed E-state index contributed by atoms with van der Waals surface area (Å²) in [5.74, 6) is -4.29. The first-order chi connectivity index (χ1) is 27.9. The first kappa shape index (κ1) is 43.2. The van der Waals surface area contributed by atoms with E-state index in [9.17, 15) is 33.9 Å². The maximum absolute atomic E-state index is 13.6. The molecule has 15 heteroatoms. The smallest absolute Gasteiger partial charge is 0.348 e.